The molecule has 1 aliphatic heterocycles. The second-order valence-electron chi connectivity index (χ2n) is 5.33. The first-order valence-corrected chi connectivity index (χ1v) is 8.31. The van der Waals surface area contributed by atoms with Crippen LogP contribution in [0.4, 0.5) is 5.69 Å². The van der Waals surface area contributed by atoms with Crippen molar-refractivity contribution in [3.8, 4) is 0 Å². The minimum atomic E-state index is -3.59. The fourth-order valence-electron chi connectivity index (χ4n) is 2.24. The molecule has 2 rings (SSSR count). The van der Waals surface area contributed by atoms with Crippen LogP contribution in [0, 0.1) is 6.92 Å². The van der Waals surface area contributed by atoms with Gasteiger partial charge in [0, 0.05) is 31.4 Å². The fraction of sp³-hybridized carbons (Fsp3) is 0.538. The Balaban J connectivity index is 2.38. The summed E-state index contributed by atoms with van der Waals surface area (Å²) < 4.78 is 26.9. The summed E-state index contributed by atoms with van der Waals surface area (Å²) in [5.74, 6) is 0. The molecule has 1 saturated heterocycles. The highest BCUT2D eigenvalue weighted by molar-refractivity contribution is 7.89. The van der Waals surface area contributed by atoms with Gasteiger partial charge in [0.2, 0.25) is 10.0 Å². The first kappa shape index (κ1) is 15.6. The monoisotopic (exact) mass is 317 g/mol. The molecular weight excluding hydrogens is 298 g/mol. The van der Waals surface area contributed by atoms with E-state index in [1.807, 2.05) is 14.0 Å². The Labute approximate surface area is 125 Å². The van der Waals surface area contributed by atoms with E-state index in [9.17, 15) is 8.42 Å². The van der Waals surface area contributed by atoms with Gasteiger partial charge in [0.25, 0.3) is 0 Å². The number of likely N-dealkylation sites (N-methyl/N-ethyl adjacent to an activating group) is 1. The SMILES string of the molecule is Cc1cc(Cl)c(S(=O)(=O)N2CCN(C)C(C)C2)cc1N. The normalized spacial score (nSPS) is 22.1. The molecule has 2 N–H and O–H groups in total. The Morgan fingerprint density at radius 1 is 1.35 bits per heavy atom. The van der Waals surface area contributed by atoms with Crippen LogP contribution in [0.15, 0.2) is 17.0 Å². The van der Waals surface area contributed by atoms with Crippen molar-refractivity contribution in [2.75, 3.05) is 32.4 Å². The van der Waals surface area contributed by atoms with E-state index in [0.29, 0.717) is 25.3 Å². The molecule has 0 bridgehead atoms. The van der Waals surface area contributed by atoms with Crippen molar-refractivity contribution < 1.29 is 8.42 Å². The van der Waals surface area contributed by atoms with E-state index in [0.717, 1.165) is 5.56 Å². The summed E-state index contributed by atoms with van der Waals surface area (Å²) in [6.45, 7) is 5.44. The number of nitrogens with two attached hydrogens (primary N) is 1. The van der Waals surface area contributed by atoms with Crippen molar-refractivity contribution in [3.63, 3.8) is 0 Å². The third-order valence-corrected chi connectivity index (χ3v) is 6.19. The standard InChI is InChI=1S/C13H20ClN3O2S/c1-9-6-11(14)13(7-12(9)15)20(18,19)17-5-4-16(3)10(2)8-17/h6-7,10H,4-5,8,15H2,1-3H3. The summed E-state index contributed by atoms with van der Waals surface area (Å²) in [7, 11) is -1.60. The van der Waals surface area contributed by atoms with Crippen LogP contribution in [-0.4, -0.2) is 50.3 Å². The third kappa shape index (κ3) is 2.79. The third-order valence-electron chi connectivity index (χ3n) is 3.86. The maximum Gasteiger partial charge on any atom is 0.244 e. The molecule has 1 aromatic carbocycles. The first-order valence-electron chi connectivity index (χ1n) is 6.49. The second-order valence-corrected chi connectivity index (χ2v) is 7.65. The molecule has 1 heterocycles. The van der Waals surface area contributed by atoms with Crippen molar-refractivity contribution >= 4 is 27.3 Å². The van der Waals surface area contributed by atoms with E-state index in [-0.39, 0.29) is 16.0 Å². The largest absolute Gasteiger partial charge is 0.398 e. The zero-order valence-corrected chi connectivity index (χ0v) is 13.5. The second kappa shape index (κ2) is 5.52. The van der Waals surface area contributed by atoms with E-state index in [1.54, 1.807) is 13.0 Å². The van der Waals surface area contributed by atoms with Gasteiger partial charge in [-0.25, -0.2) is 8.42 Å². The lowest BCUT2D eigenvalue weighted by Crippen LogP contribution is -2.51. The molecule has 0 spiro atoms. The fourth-order valence-corrected chi connectivity index (χ4v) is 4.34. The van der Waals surface area contributed by atoms with Gasteiger partial charge in [0.15, 0.2) is 0 Å². The van der Waals surface area contributed by atoms with Crippen LogP contribution < -0.4 is 5.73 Å². The lowest BCUT2D eigenvalue weighted by Gasteiger charge is -2.37. The Kier molecular flexibility index (Phi) is 4.30. The molecule has 7 heteroatoms. The summed E-state index contributed by atoms with van der Waals surface area (Å²) in [5.41, 5.74) is 7.03. The van der Waals surface area contributed by atoms with E-state index < -0.39 is 10.0 Å². The number of anilines is 1. The Bertz CT molecular complexity index is 618. The van der Waals surface area contributed by atoms with Crippen LogP contribution in [-0.2, 0) is 10.0 Å². The smallest absolute Gasteiger partial charge is 0.244 e. The van der Waals surface area contributed by atoms with Crippen LogP contribution in [0.2, 0.25) is 5.02 Å². The number of rotatable bonds is 2. The van der Waals surface area contributed by atoms with Gasteiger partial charge in [0.05, 0.1) is 5.02 Å². The number of hydrogen-bond acceptors (Lipinski definition) is 4. The summed E-state index contributed by atoms with van der Waals surface area (Å²) in [6.07, 6.45) is 0. The molecule has 1 atom stereocenters. The number of piperazine rings is 1. The molecule has 112 valence electrons. The van der Waals surface area contributed by atoms with Crippen molar-refractivity contribution in [2.45, 2.75) is 24.8 Å². The topological polar surface area (TPSA) is 66.6 Å². The lowest BCUT2D eigenvalue weighted by molar-refractivity contribution is 0.159. The number of halogens is 1. The summed E-state index contributed by atoms with van der Waals surface area (Å²) in [4.78, 5) is 2.23. The number of sulfonamides is 1. The zero-order valence-electron chi connectivity index (χ0n) is 11.9. The molecular formula is C13H20ClN3O2S. The first-order chi connectivity index (χ1) is 9.23. The minimum Gasteiger partial charge on any atom is -0.398 e. The quantitative estimate of drug-likeness (QED) is 0.841. The van der Waals surface area contributed by atoms with Gasteiger partial charge in [0.1, 0.15) is 4.90 Å². The molecule has 20 heavy (non-hydrogen) atoms. The average Bonchev–Trinajstić information content (AvgIpc) is 2.36. The number of nitrogen functional groups attached to an aromatic ring is 1. The number of benzene rings is 1. The van der Waals surface area contributed by atoms with Crippen LogP contribution in [0.1, 0.15) is 12.5 Å². The molecule has 1 unspecified atom stereocenters. The highest BCUT2D eigenvalue weighted by atomic mass is 35.5. The maximum absolute atomic E-state index is 12.7. The van der Waals surface area contributed by atoms with Gasteiger partial charge < -0.3 is 10.6 Å². The zero-order chi connectivity index (χ0) is 15.1. The maximum atomic E-state index is 12.7. The van der Waals surface area contributed by atoms with Crippen LogP contribution in [0.25, 0.3) is 0 Å². The Hall–Kier alpha value is -0.820. The molecule has 1 aromatic rings. The summed E-state index contributed by atoms with van der Waals surface area (Å²) in [6, 6.07) is 3.24. The summed E-state index contributed by atoms with van der Waals surface area (Å²) >= 11 is 6.10. The Morgan fingerprint density at radius 3 is 2.60 bits per heavy atom. The van der Waals surface area contributed by atoms with Crippen LogP contribution >= 0.6 is 11.6 Å². The molecule has 0 aromatic heterocycles. The van der Waals surface area contributed by atoms with Gasteiger partial charge in [-0.05, 0) is 38.6 Å². The van der Waals surface area contributed by atoms with Crippen molar-refractivity contribution in [3.05, 3.63) is 22.7 Å². The van der Waals surface area contributed by atoms with E-state index >= 15 is 0 Å². The van der Waals surface area contributed by atoms with Gasteiger partial charge in [-0.2, -0.15) is 4.31 Å². The van der Waals surface area contributed by atoms with Crippen molar-refractivity contribution in [1.29, 1.82) is 0 Å². The predicted octanol–water partition coefficient (Wildman–Crippen LogP) is 1.56. The van der Waals surface area contributed by atoms with Gasteiger partial charge >= 0.3 is 0 Å². The van der Waals surface area contributed by atoms with Gasteiger partial charge in [-0.3, -0.25) is 0 Å². The molecule has 5 nitrogen and oxygen atoms in total. The molecule has 0 amide bonds. The van der Waals surface area contributed by atoms with E-state index in [4.69, 9.17) is 17.3 Å². The Morgan fingerprint density at radius 2 is 2.00 bits per heavy atom. The number of aryl methyl sites for hydroxylation is 1. The van der Waals surface area contributed by atoms with E-state index in [1.165, 1.54) is 10.4 Å². The molecule has 0 radical (unpaired) electrons. The molecule has 1 fully saturated rings. The minimum absolute atomic E-state index is 0.0963. The lowest BCUT2D eigenvalue weighted by atomic mass is 10.2. The highest BCUT2D eigenvalue weighted by Crippen LogP contribution is 2.30. The number of nitrogens with zero attached hydrogens (tertiary/aromatic N) is 2. The van der Waals surface area contributed by atoms with Crippen LogP contribution in [0.3, 0.4) is 0 Å². The highest BCUT2D eigenvalue weighted by Gasteiger charge is 2.32. The number of hydrogen-bond donors (Lipinski definition) is 1. The van der Waals surface area contributed by atoms with Crippen molar-refractivity contribution in [2.24, 2.45) is 0 Å². The summed E-state index contributed by atoms with van der Waals surface area (Å²) in [5, 5.41) is 0.225. The van der Waals surface area contributed by atoms with Gasteiger partial charge in [-0.15, -0.1) is 0 Å². The van der Waals surface area contributed by atoms with Crippen molar-refractivity contribution in [1.82, 2.24) is 9.21 Å². The predicted molar refractivity (Wildman–Crippen MR) is 81.5 cm³/mol. The molecule has 0 saturated carbocycles. The molecule has 1 aliphatic rings. The average molecular weight is 318 g/mol. The van der Waals surface area contributed by atoms with Crippen LogP contribution in [0.5, 0.6) is 0 Å². The van der Waals surface area contributed by atoms with Gasteiger partial charge in [-0.1, -0.05) is 11.6 Å². The van der Waals surface area contributed by atoms with E-state index in [2.05, 4.69) is 4.90 Å². The molecule has 0 aliphatic carbocycles.